The van der Waals surface area contributed by atoms with Gasteiger partial charge in [0.15, 0.2) is 5.78 Å². The maximum Gasteiger partial charge on any atom is 0.253 e. The molecule has 1 aromatic heterocycles. The lowest BCUT2D eigenvalue weighted by molar-refractivity contribution is 0.0710. The van der Waals surface area contributed by atoms with Crippen LogP contribution in [0.25, 0.3) is 0 Å². The fraction of sp³-hybridized carbons (Fsp3) is 0.500. The number of ketones is 1. The number of nitrogens with zero attached hydrogens (tertiary/aromatic N) is 4. The summed E-state index contributed by atoms with van der Waals surface area (Å²) in [6.45, 7) is 5.00. The van der Waals surface area contributed by atoms with Crippen LogP contribution >= 0.6 is 0 Å². The van der Waals surface area contributed by atoms with Gasteiger partial charge in [-0.1, -0.05) is 12.1 Å². The van der Waals surface area contributed by atoms with E-state index < -0.39 is 0 Å². The van der Waals surface area contributed by atoms with Gasteiger partial charge in [0.05, 0.1) is 0 Å². The predicted molar refractivity (Wildman–Crippen MR) is 110 cm³/mol. The summed E-state index contributed by atoms with van der Waals surface area (Å²) < 4.78 is 2.27. The quantitative estimate of drug-likeness (QED) is 0.691. The number of carbonyl (C=O) groups is 2. The molecule has 0 radical (unpaired) electrons. The molecule has 0 saturated carbocycles. The molecule has 2 heterocycles. The van der Waals surface area contributed by atoms with E-state index in [1.54, 1.807) is 24.3 Å². The third-order valence-electron chi connectivity index (χ3n) is 5.42. The first kappa shape index (κ1) is 20.3. The van der Waals surface area contributed by atoms with E-state index in [1.165, 1.54) is 6.92 Å². The van der Waals surface area contributed by atoms with Crippen molar-refractivity contribution in [2.24, 2.45) is 0 Å². The van der Waals surface area contributed by atoms with Gasteiger partial charge < -0.3 is 14.4 Å². The van der Waals surface area contributed by atoms with E-state index in [-0.39, 0.29) is 11.7 Å². The van der Waals surface area contributed by atoms with Gasteiger partial charge in [-0.2, -0.15) is 0 Å². The Hall–Kier alpha value is -2.47. The highest BCUT2D eigenvalue weighted by Gasteiger charge is 2.27. The molecule has 0 unspecified atom stereocenters. The lowest BCUT2D eigenvalue weighted by atomic mass is 9.95. The van der Waals surface area contributed by atoms with Crippen molar-refractivity contribution in [1.82, 2.24) is 19.4 Å². The van der Waals surface area contributed by atoms with Crippen LogP contribution in [0.2, 0.25) is 0 Å². The van der Waals surface area contributed by atoms with E-state index in [2.05, 4.69) is 34.7 Å². The third-order valence-corrected chi connectivity index (χ3v) is 5.42. The highest BCUT2D eigenvalue weighted by atomic mass is 16.2. The zero-order valence-electron chi connectivity index (χ0n) is 17.1. The molecule has 0 spiro atoms. The molecule has 150 valence electrons. The van der Waals surface area contributed by atoms with Gasteiger partial charge in [-0.05, 0) is 59.0 Å². The van der Waals surface area contributed by atoms with Crippen molar-refractivity contribution in [2.75, 3.05) is 33.7 Å². The number of hydrogen-bond acceptors (Lipinski definition) is 4. The summed E-state index contributed by atoms with van der Waals surface area (Å²) in [5, 5.41) is 0. The molecule has 0 N–H and O–H groups in total. The Kier molecular flexibility index (Phi) is 6.62. The Bertz CT molecular complexity index is 819. The van der Waals surface area contributed by atoms with Crippen LogP contribution in [0.15, 0.2) is 36.7 Å². The molecule has 3 rings (SSSR count). The molecule has 28 heavy (non-hydrogen) atoms. The Morgan fingerprint density at radius 2 is 1.89 bits per heavy atom. The van der Waals surface area contributed by atoms with Crippen LogP contribution in [0.4, 0.5) is 0 Å². The van der Waals surface area contributed by atoms with Gasteiger partial charge in [-0.15, -0.1) is 0 Å². The third kappa shape index (κ3) is 4.87. The molecule has 0 bridgehead atoms. The molecule has 1 aliphatic rings. The average Bonchev–Trinajstić information content (AvgIpc) is 3.16. The first-order chi connectivity index (χ1) is 13.5. The lowest BCUT2D eigenvalue weighted by Crippen LogP contribution is -2.38. The number of imidazole rings is 1. The van der Waals surface area contributed by atoms with E-state index in [4.69, 9.17) is 0 Å². The predicted octanol–water partition coefficient (Wildman–Crippen LogP) is 3.06. The zero-order valence-corrected chi connectivity index (χ0v) is 17.1. The van der Waals surface area contributed by atoms with E-state index in [1.807, 2.05) is 11.1 Å². The smallest absolute Gasteiger partial charge is 0.253 e. The molecule has 0 aliphatic carbocycles. The van der Waals surface area contributed by atoms with Crippen LogP contribution in [-0.2, 0) is 6.54 Å². The molecule has 1 aliphatic heterocycles. The molecular weight excluding hydrogens is 352 g/mol. The van der Waals surface area contributed by atoms with E-state index >= 15 is 0 Å². The van der Waals surface area contributed by atoms with Crippen molar-refractivity contribution in [2.45, 2.75) is 38.6 Å². The molecule has 0 atom stereocenters. The number of carbonyl (C=O) groups excluding carboxylic acids is 2. The zero-order chi connectivity index (χ0) is 20.1. The van der Waals surface area contributed by atoms with Gasteiger partial charge >= 0.3 is 0 Å². The minimum atomic E-state index is -0.0190. The largest absolute Gasteiger partial charge is 0.339 e. The Morgan fingerprint density at radius 1 is 1.18 bits per heavy atom. The summed E-state index contributed by atoms with van der Waals surface area (Å²) in [7, 11) is 4.18. The van der Waals surface area contributed by atoms with Crippen molar-refractivity contribution in [1.29, 1.82) is 0 Å². The highest BCUT2D eigenvalue weighted by molar-refractivity contribution is 5.99. The van der Waals surface area contributed by atoms with Gasteiger partial charge in [0.1, 0.15) is 5.82 Å². The molecule has 1 fully saturated rings. The Labute approximate surface area is 167 Å². The number of piperidine rings is 1. The van der Waals surface area contributed by atoms with Crippen LogP contribution in [0, 0.1) is 0 Å². The topological polar surface area (TPSA) is 58.4 Å². The SMILES string of the molecule is CC(=O)c1cccc(C(=O)N2CCC(c3nccn3CCCN(C)C)CC2)c1. The van der Waals surface area contributed by atoms with E-state index in [9.17, 15) is 9.59 Å². The van der Waals surface area contributed by atoms with Crippen LogP contribution < -0.4 is 0 Å². The maximum absolute atomic E-state index is 12.8. The minimum Gasteiger partial charge on any atom is -0.339 e. The number of Topliss-reactive ketones (excluding diaryl/α,β-unsaturated/α-hetero) is 1. The van der Waals surface area contributed by atoms with Crippen molar-refractivity contribution in [3.63, 3.8) is 0 Å². The van der Waals surface area contributed by atoms with Gasteiger partial charge in [0.25, 0.3) is 5.91 Å². The molecule has 1 saturated heterocycles. The number of rotatable bonds is 7. The number of hydrogen-bond donors (Lipinski definition) is 0. The van der Waals surface area contributed by atoms with Gasteiger partial charge in [-0.3, -0.25) is 9.59 Å². The summed E-state index contributed by atoms with van der Waals surface area (Å²) in [6, 6.07) is 7.02. The second-order valence-corrected chi connectivity index (χ2v) is 7.84. The number of benzene rings is 1. The van der Waals surface area contributed by atoms with Crippen molar-refractivity contribution >= 4 is 11.7 Å². The first-order valence-corrected chi connectivity index (χ1v) is 10.0. The minimum absolute atomic E-state index is 0.0101. The van der Waals surface area contributed by atoms with Crippen LogP contribution in [0.3, 0.4) is 0 Å². The van der Waals surface area contributed by atoms with E-state index in [0.717, 1.165) is 51.3 Å². The van der Waals surface area contributed by atoms with Crippen LogP contribution in [0.5, 0.6) is 0 Å². The van der Waals surface area contributed by atoms with Crippen LogP contribution in [-0.4, -0.2) is 64.8 Å². The van der Waals surface area contributed by atoms with Gasteiger partial charge in [0.2, 0.25) is 0 Å². The number of aryl methyl sites for hydroxylation is 1. The normalized spacial score (nSPS) is 15.2. The fourth-order valence-electron chi connectivity index (χ4n) is 3.82. The average molecular weight is 383 g/mol. The standard InChI is InChI=1S/C22H30N4O2/c1-17(27)19-6-4-7-20(16-19)22(28)26-13-8-18(9-14-26)21-23-10-15-25(21)12-5-11-24(2)3/h4,6-7,10,15-16,18H,5,8-9,11-14H2,1-3H3. The Balaban J connectivity index is 1.59. The van der Waals surface area contributed by atoms with Crippen molar-refractivity contribution < 1.29 is 9.59 Å². The maximum atomic E-state index is 12.8. The number of amides is 1. The molecule has 1 amide bonds. The first-order valence-electron chi connectivity index (χ1n) is 10.0. The fourth-order valence-corrected chi connectivity index (χ4v) is 3.82. The summed E-state index contributed by atoms with van der Waals surface area (Å²) >= 11 is 0. The molecule has 6 nitrogen and oxygen atoms in total. The second-order valence-electron chi connectivity index (χ2n) is 7.84. The molecule has 1 aromatic carbocycles. The van der Waals surface area contributed by atoms with Gasteiger partial charge in [-0.25, -0.2) is 4.98 Å². The summed E-state index contributed by atoms with van der Waals surface area (Å²) in [5.41, 5.74) is 1.18. The van der Waals surface area contributed by atoms with Crippen LogP contribution in [0.1, 0.15) is 58.6 Å². The number of aromatic nitrogens is 2. The van der Waals surface area contributed by atoms with Crippen molar-refractivity contribution in [3.05, 3.63) is 53.6 Å². The summed E-state index contributed by atoms with van der Waals surface area (Å²) in [4.78, 5) is 33.1. The molecular formula is C22H30N4O2. The highest BCUT2D eigenvalue weighted by Crippen LogP contribution is 2.28. The summed E-state index contributed by atoms with van der Waals surface area (Å²) in [5.74, 6) is 1.52. The molecule has 2 aromatic rings. The second kappa shape index (κ2) is 9.15. The van der Waals surface area contributed by atoms with E-state index in [0.29, 0.717) is 17.0 Å². The monoisotopic (exact) mass is 382 g/mol. The summed E-state index contributed by atoms with van der Waals surface area (Å²) in [6.07, 6.45) is 6.89. The van der Waals surface area contributed by atoms with Gasteiger partial charge in [0, 0.05) is 49.1 Å². The number of likely N-dealkylation sites (tertiary alicyclic amines) is 1. The Morgan fingerprint density at radius 3 is 2.57 bits per heavy atom. The van der Waals surface area contributed by atoms with Crippen molar-refractivity contribution in [3.8, 4) is 0 Å². The molecule has 6 heteroatoms. The lowest BCUT2D eigenvalue weighted by Gasteiger charge is -2.32.